The third-order valence-electron chi connectivity index (χ3n) is 4.96. The molecule has 0 amide bonds. The average Bonchev–Trinajstić information content (AvgIpc) is 3.12. The van der Waals surface area contributed by atoms with Crippen LogP contribution in [0.5, 0.6) is 0 Å². The molecule has 3 aromatic rings. The monoisotopic (exact) mass is 414 g/mol. The van der Waals surface area contributed by atoms with E-state index in [1.807, 2.05) is 4.90 Å². The van der Waals surface area contributed by atoms with E-state index in [0.29, 0.717) is 32.3 Å². The maximum Gasteiger partial charge on any atom is 0.329 e. The predicted octanol–water partition coefficient (Wildman–Crippen LogP) is 0.0510. The first kappa shape index (κ1) is 19.5. The molecule has 1 saturated heterocycles. The van der Waals surface area contributed by atoms with Gasteiger partial charge in [0.25, 0.3) is 11.2 Å². The molecule has 1 N–H and O–H groups in total. The fraction of sp³-hybridized carbons (Fsp3) is 0.333. The highest BCUT2D eigenvalue weighted by molar-refractivity contribution is 5.97. The lowest BCUT2D eigenvalue weighted by atomic mass is 10.1. The lowest BCUT2D eigenvalue weighted by Gasteiger charge is -2.28. The van der Waals surface area contributed by atoms with Crippen molar-refractivity contribution in [2.75, 3.05) is 31.2 Å². The zero-order valence-corrected chi connectivity index (χ0v) is 16.0. The molecular weight excluding hydrogens is 396 g/mol. The van der Waals surface area contributed by atoms with Gasteiger partial charge in [0, 0.05) is 37.8 Å². The zero-order valence-electron chi connectivity index (χ0n) is 16.0. The van der Waals surface area contributed by atoms with Crippen molar-refractivity contribution < 1.29 is 14.5 Å². The average molecular weight is 414 g/mol. The molecule has 0 bridgehead atoms. The van der Waals surface area contributed by atoms with Gasteiger partial charge in [0.15, 0.2) is 16.9 Å². The number of ether oxygens (including phenoxy) is 1. The number of aromatic amines is 1. The second-order valence-electron chi connectivity index (χ2n) is 6.82. The van der Waals surface area contributed by atoms with Crippen molar-refractivity contribution in [3.8, 4) is 0 Å². The van der Waals surface area contributed by atoms with E-state index >= 15 is 0 Å². The second kappa shape index (κ2) is 7.55. The molecule has 0 atom stereocenters. The molecule has 30 heavy (non-hydrogen) atoms. The molecule has 0 saturated carbocycles. The van der Waals surface area contributed by atoms with E-state index in [1.165, 1.54) is 40.4 Å². The Morgan fingerprint density at radius 2 is 2.03 bits per heavy atom. The van der Waals surface area contributed by atoms with Crippen LogP contribution in [0.3, 0.4) is 0 Å². The predicted molar refractivity (Wildman–Crippen MR) is 106 cm³/mol. The number of hydrogen-bond donors (Lipinski definition) is 1. The molecule has 1 aliphatic rings. The summed E-state index contributed by atoms with van der Waals surface area (Å²) in [6.45, 7) is 1.64. The van der Waals surface area contributed by atoms with Crippen molar-refractivity contribution in [3.05, 3.63) is 60.8 Å². The number of non-ortho nitro benzene ring substituents is 1. The van der Waals surface area contributed by atoms with Gasteiger partial charge in [0.2, 0.25) is 5.95 Å². The summed E-state index contributed by atoms with van der Waals surface area (Å²) >= 11 is 0. The first-order chi connectivity index (χ1) is 14.4. The van der Waals surface area contributed by atoms with Crippen LogP contribution in [-0.2, 0) is 18.3 Å². The lowest BCUT2D eigenvalue weighted by molar-refractivity contribution is -0.384. The maximum absolute atomic E-state index is 12.9. The number of nitrogens with one attached hydrogen (secondary N) is 1. The van der Waals surface area contributed by atoms with E-state index in [-0.39, 0.29) is 29.0 Å². The van der Waals surface area contributed by atoms with Crippen LogP contribution in [0.15, 0.2) is 33.9 Å². The topological polar surface area (TPSA) is 145 Å². The van der Waals surface area contributed by atoms with E-state index in [1.54, 1.807) is 0 Å². The van der Waals surface area contributed by atoms with Gasteiger partial charge < -0.3 is 9.64 Å². The van der Waals surface area contributed by atoms with Crippen LogP contribution in [0.4, 0.5) is 11.6 Å². The lowest BCUT2D eigenvalue weighted by Crippen LogP contribution is -2.38. The second-order valence-corrected chi connectivity index (χ2v) is 6.82. The summed E-state index contributed by atoms with van der Waals surface area (Å²) in [4.78, 5) is 56.5. The van der Waals surface area contributed by atoms with Gasteiger partial charge in [-0.2, -0.15) is 4.98 Å². The number of H-pyrrole nitrogens is 1. The van der Waals surface area contributed by atoms with Gasteiger partial charge in [-0.25, -0.2) is 4.79 Å². The third kappa shape index (κ3) is 3.37. The van der Waals surface area contributed by atoms with Gasteiger partial charge in [-0.1, -0.05) is 12.1 Å². The van der Waals surface area contributed by atoms with Gasteiger partial charge in [0.1, 0.15) is 0 Å². The number of rotatable bonds is 5. The molecule has 1 aliphatic heterocycles. The molecule has 2 aromatic heterocycles. The Morgan fingerprint density at radius 3 is 2.73 bits per heavy atom. The summed E-state index contributed by atoms with van der Waals surface area (Å²) in [5, 5.41) is 11.0. The maximum atomic E-state index is 12.9. The van der Waals surface area contributed by atoms with Gasteiger partial charge in [-0.15, -0.1) is 0 Å². The summed E-state index contributed by atoms with van der Waals surface area (Å²) < 4.78 is 8.00. The molecule has 1 aromatic carbocycles. The van der Waals surface area contributed by atoms with Crippen molar-refractivity contribution in [1.29, 1.82) is 0 Å². The number of carbonyl (C=O) groups is 1. The molecule has 0 unspecified atom stereocenters. The van der Waals surface area contributed by atoms with Gasteiger partial charge >= 0.3 is 5.69 Å². The number of Topliss-reactive ketones (excluding diaryl/α,β-unsaturated/α-hetero) is 1. The number of morpholine rings is 1. The van der Waals surface area contributed by atoms with Gasteiger partial charge in [0.05, 0.1) is 24.7 Å². The number of ketones is 1. The largest absolute Gasteiger partial charge is 0.378 e. The van der Waals surface area contributed by atoms with Gasteiger partial charge in [-0.05, 0) is 0 Å². The number of nitro groups is 1. The van der Waals surface area contributed by atoms with Crippen LogP contribution >= 0.6 is 0 Å². The number of fused-ring (bicyclic) bond motifs is 1. The number of imidazole rings is 1. The van der Waals surface area contributed by atoms with Crippen LogP contribution < -0.4 is 16.1 Å². The third-order valence-corrected chi connectivity index (χ3v) is 4.96. The van der Waals surface area contributed by atoms with Crippen LogP contribution in [0.1, 0.15) is 10.4 Å². The molecule has 0 aliphatic carbocycles. The van der Waals surface area contributed by atoms with Crippen molar-refractivity contribution in [2.45, 2.75) is 6.54 Å². The Labute approximate surface area is 168 Å². The Bertz CT molecular complexity index is 1270. The number of carbonyl (C=O) groups excluding carboxylic acids is 1. The smallest absolute Gasteiger partial charge is 0.329 e. The van der Waals surface area contributed by atoms with Crippen molar-refractivity contribution >= 4 is 28.6 Å². The molecule has 0 radical (unpaired) electrons. The van der Waals surface area contributed by atoms with Crippen LogP contribution in [0, 0.1) is 10.1 Å². The van der Waals surface area contributed by atoms with E-state index in [2.05, 4.69) is 9.97 Å². The summed E-state index contributed by atoms with van der Waals surface area (Å²) in [7, 11) is 1.48. The molecule has 12 nitrogen and oxygen atoms in total. The molecule has 1 fully saturated rings. The zero-order chi connectivity index (χ0) is 21.4. The minimum absolute atomic E-state index is 0.0809. The number of aryl methyl sites for hydroxylation is 1. The fourth-order valence-corrected chi connectivity index (χ4v) is 3.41. The minimum Gasteiger partial charge on any atom is -0.378 e. The minimum atomic E-state index is -0.660. The molecule has 156 valence electrons. The van der Waals surface area contributed by atoms with Crippen LogP contribution in [0.2, 0.25) is 0 Å². The van der Waals surface area contributed by atoms with Crippen molar-refractivity contribution in [2.24, 2.45) is 7.05 Å². The SMILES string of the molecule is Cn1c(=O)[nH]c(=O)c2c1nc(N1CCOCC1)n2CC(=O)c1cccc([N+](=O)[O-])c1. The summed E-state index contributed by atoms with van der Waals surface area (Å²) in [5.74, 6) is -0.0699. The number of hydrogen-bond acceptors (Lipinski definition) is 8. The van der Waals surface area contributed by atoms with Crippen LogP contribution in [-0.4, -0.2) is 56.1 Å². The number of anilines is 1. The Morgan fingerprint density at radius 1 is 1.30 bits per heavy atom. The van der Waals surface area contributed by atoms with Crippen LogP contribution in [0.25, 0.3) is 11.2 Å². The fourth-order valence-electron chi connectivity index (χ4n) is 3.41. The first-order valence-electron chi connectivity index (χ1n) is 9.16. The Hall–Kier alpha value is -3.80. The highest BCUT2D eigenvalue weighted by Crippen LogP contribution is 2.22. The van der Waals surface area contributed by atoms with Gasteiger partial charge in [-0.3, -0.25) is 33.8 Å². The van der Waals surface area contributed by atoms with Crippen molar-refractivity contribution in [1.82, 2.24) is 19.1 Å². The molecule has 0 spiro atoms. The highest BCUT2D eigenvalue weighted by Gasteiger charge is 2.25. The standard InChI is InChI=1S/C18H18N6O6/c1-21-15-14(16(26)20-18(21)27)23(17(19-15)22-5-7-30-8-6-22)10-13(25)11-3-2-4-12(9-11)24(28)29/h2-4,9H,5-8,10H2,1H3,(H,20,26,27). The normalized spacial score (nSPS) is 14.2. The number of nitro benzene ring substituents is 1. The van der Waals surface area contributed by atoms with E-state index in [4.69, 9.17) is 4.74 Å². The summed E-state index contributed by atoms with van der Waals surface area (Å²) in [6, 6.07) is 5.39. The molecule has 3 heterocycles. The summed E-state index contributed by atoms with van der Waals surface area (Å²) in [5.41, 5.74) is -1.11. The molecule has 12 heteroatoms. The Kier molecular flexibility index (Phi) is 4.91. The number of benzene rings is 1. The van der Waals surface area contributed by atoms with E-state index in [0.717, 1.165) is 0 Å². The van der Waals surface area contributed by atoms with E-state index in [9.17, 15) is 24.5 Å². The molecule has 4 rings (SSSR count). The Balaban J connectivity index is 1.84. The number of nitrogens with zero attached hydrogens (tertiary/aromatic N) is 5. The molecular formula is C18H18N6O6. The first-order valence-corrected chi connectivity index (χ1v) is 9.16. The van der Waals surface area contributed by atoms with E-state index < -0.39 is 22.0 Å². The summed E-state index contributed by atoms with van der Waals surface area (Å²) in [6.07, 6.45) is 0. The quantitative estimate of drug-likeness (QED) is 0.350. The van der Waals surface area contributed by atoms with Crippen molar-refractivity contribution in [3.63, 3.8) is 0 Å². The number of aromatic nitrogens is 4. The highest BCUT2D eigenvalue weighted by atomic mass is 16.6.